The summed E-state index contributed by atoms with van der Waals surface area (Å²) in [5.41, 5.74) is 8.15. The van der Waals surface area contributed by atoms with E-state index in [0.717, 1.165) is 56.5 Å². The highest BCUT2D eigenvalue weighted by atomic mass is 16.5. The molecule has 0 bridgehead atoms. The van der Waals surface area contributed by atoms with E-state index in [-0.39, 0.29) is 6.10 Å². The van der Waals surface area contributed by atoms with Crippen molar-refractivity contribution in [2.45, 2.75) is 45.1 Å². The van der Waals surface area contributed by atoms with Crippen LogP contribution in [0.2, 0.25) is 0 Å². The number of pyridine rings is 1. The summed E-state index contributed by atoms with van der Waals surface area (Å²) in [6.07, 6.45) is 5.36. The van der Waals surface area contributed by atoms with Gasteiger partial charge in [0.15, 0.2) is 0 Å². The van der Waals surface area contributed by atoms with Crippen molar-refractivity contribution in [3.63, 3.8) is 0 Å². The summed E-state index contributed by atoms with van der Waals surface area (Å²) < 4.78 is 6.05. The fourth-order valence-corrected chi connectivity index (χ4v) is 3.14. The van der Waals surface area contributed by atoms with Gasteiger partial charge in [-0.2, -0.15) is 0 Å². The maximum atomic E-state index is 11.7. The first-order valence-corrected chi connectivity index (χ1v) is 7.85. The van der Waals surface area contributed by atoms with Crippen molar-refractivity contribution < 1.29 is 9.53 Å². The number of nitrogens with two attached hydrogens (primary N) is 1. The van der Waals surface area contributed by atoms with Gasteiger partial charge in [0.2, 0.25) is 5.88 Å². The van der Waals surface area contributed by atoms with Gasteiger partial charge >= 0.3 is 0 Å². The molecule has 1 saturated heterocycles. The summed E-state index contributed by atoms with van der Waals surface area (Å²) in [5, 5.41) is 3.33. The number of piperidine rings is 1. The lowest BCUT2D eigenvalue weighted by Gasteiger charge is -2.30. The van der Waals surface area contributed by atoms with Crippen LogP contribution in [0.5, 0.6) is 5.88 Å². The van der Waals surface area contributed by atoms with Gasteiger partial charge < -0.3 is 15.8 Å². The van der Waals surface area contributed by atoms with Crippen molar-refractivity contribution in [3.8, 4) is 5.88 Å². The van der Waals surface area contributed by atoms with Crippen LogP contribution >= 0.6 is 0 Å². The van der Waals surface area contributed by atoms with E-state index in [1.807, 2.05) is 6.07 Å². The third-order valence-corrected chi connectivity index (χ3v) is 4.55. The molecule has 2 atom stereocenters. The average molecular weight is 289 g/mol. The molecule has 1 fully saturated rings. The van der Waals surface area contributed by atoms with Crippen molar-refractivity contribution in [1.82, 2.24) is 10.3 Å². The number of aromatic nitrogens is 1. The number of primary amides is 1. The Kier molecular flexibility index (Phi) is 4.10. The molecule has 5 heteroatoms. The van der Waals surface area contributed by atoms with Crippen molar-refractivity contribution in [1.29, 1.82) is 0 Å². The zero-order valence-electron chi connectivity index (χ0n) is 12.5. The molecule has 2 aliphatic rings. The van der Waals surface area contributed by atoms with Crippen molar-refractivity contribution >= 4 is 5.91 Å². The van der Waals surface area contributed by atoms with E-state index >= 15 is 0 Å². The van der Waals surface area contributed by atoms with E-state index in [0.29, 0.717) is 17.4 Å². The topological polar surface area (TPSA) is 77.2 Å². The van der Waals surface area contributed by atoms with E-state index in [9.17, 15) is 4.79 Å². The van der Waals surface area contributed by atoms with E-state index in [4.69, 9.17) is 10.5 Å². The van der Waals surface area contributed by atoms with Gasteiger partial charge in [0, 0.05) is 12.2 Å². The molecule has 2 heterocycles. The number of ether oxygens (including phenoxy) is 1. The molecule has 21 heavy (non-hydrogen) atoms. The molecule has 2 unspecified atom stereocenters. The molecule has 1 aliphatic carbocycles. The Labute approximate surface area is 125 Å². The van der Waals surface area contributed by atoms with Gasteiger partial charge in [-0.05, 0) is 56.2 Å². The SMILES string of the molecule is CC1CCNCC1Oc1nc2c(cc1C(N)=O)CCCC2. The highest BCUT2D eigenvalue weighted by molar-refractivity contribution is 5.95. The van der Waals surface area contributed by atoms with Crippen molar-refractivity contribution in [2.75, 3.05) is 13.1 Å². The van der Waals surface area contributed by atoms with Gasteiger partial charge in [0.25, 0.3) is 5.91 Å². The summed E-state index contributed by atoms with van der Waals surface area (Å²) in [6.45, 7) is 3.98. The van der Waals surface area contributed by atoms with Crippen molar-refractivity contribution in [3.05, 3.63) is 22.9 Å². The van der Waals surface area contributed by atoms with Crippen LogP contribution in [0.15, 0.2) is 6.07 Å². The van der Waals surface area contributed by atoms with Gasteiger partial charge in [-0.1, -0.05) is 6.92 Å². The van der Waals surface area contributed by atoms with E-state index in [1.54, 1.807) is 0 Å². The quantitative estimate of drug-likeness (QED) is 0.882. The Morgan fingerprint density at radius 3 is 3.00 bits per heavy atom. The first-order valence-electron chi connectivity index (χ1n) is 7.85. The minimum Gasteiger partial charge on any atom is -0.472 e. The lowest BCUT2D eigenvalue weighted by molar-refractivity contribution is 0.0950. The number of carbonyl (C=O) groups is 1. The highest BCUT2D eigenvalue weighted by Crippen LogP contribution is 2.28. The Morgan fingerprint density at radius 1 is 1.43 bits per heavy atom. The minimum atomic E-state index is -0.456. The van der Waals surface area contributed by atoms with E-state index in [1.165, 1.54) is 0 Å². The largest absolute Gasteiger partial charge is 0.472 e. The second-order valence-corrected chi connectivity index (χ2v) is 6.14. The molecule has 1 amide bonds. The van der Waals surface area contributed by atoms with Crippen LogP contribution < -0.4 is 15.8 Å². The lowest BCUT2D eigenvalue weighted by Crippen LogP contribution is -2.43. The summed E-state index contributed by atoms with van der Waals surface area (Å²) in [4.78, 5) is 16.3. The molecule has 5 nitrogen and oxygen atoms in total. The van der Waals surface area contributed by atoms with Gasteiger partial charge in [-0.3, -0.25) is 4.79 Å². The number of nitrogens with zero attached hydrogens (tertiary/aromatic N) is 1. The molecule has 3 N–H and O–H groups in total. The molecule has 114 valence electrons. The normalized spacial score (nSPS) is 25.2. The molecular weight excluding hydrogens is 266 g/mol. The Morgan fingerprint density at radius 2 is 2.24 bits per heavy atom. The number of carbonyl (C=O) groups excluding carboxylic acids is 1. The zero-order chi connectivity index (χ0) is 14.8. The second-order valence-electron chi connectivity index (χ2n) is 6.14. The third kappa shape index (κ3) is 3.02. The molecule has 0 aromatic carbocycles. The summed E-state index contributed by atoms with van der Waals surface area (Å²) in [7, 11) is 0. The number of fused-ring (bicyclic) bond motifs is 1. The summed E-state index contributed by atoms with van der Waals surface area (Å²) >= 11 is 0. The van der Waals surface area contributed by atoms with E-state index < -0.39 is 5.91 Å². The molecule has 0 saturated carbocycles. The number of amides is 1. The Bertz CT molecular complexity index is 545. The number of hydrogen-bond acceptors (Lipinski definition) is 4. The fourth-order valence-electron chi connectivity index (χ4n) is 3.14. The van der Waals surface area contributed by atoms with Crippen molar-refractivity contribution in [2.24, 2.45) is 11.7 Å². The van der Waals surface area contributed by atoms with Crippen LogP contribution in [0, 0.1) is 5.92 Å². The fraction of sp³-hybridized carbons (Fsp3) is 0.625. The van der Waals surface area contributed by atoms with Crippen LogP contribution in [0.3, 0.4) is 0 Å². The maximum Gasteiger partial charge on any atom is 0.254 e. The van der Waals surface area contributed by atoms with Gasteiger partial charge in [-0.15, -0.1) is 0 Å². The number of rotatable bonds is 3. The van der Waals surface area contributed by atoms with E-state index in [2.05, 4.69) is 17.2 Å². The maximum absolute atomic E-state index is 11.7. The smallest absolute Gasteiger partial charge is 0.254 e. The highest BCUT2D eigenvalue weighted by Gasteiger charge is 2.26. The lowest BCUT2D eigenvalue weighted by atomic mass is 9.94. The molecule has 1 aromatic rings. The first kappa shape index (κ1) is 14.3. The average Bonchev–Trinajstić information content (AvgIpc) is 2.48. The first-order chi connectivity index (χ1) is 10.1. The molecular formula is C16H23N3O2. The predicted octanol–water partition coefficient (Wildman–Crippen LogP) is 1.44. The summed E-state index contributed by atoms with van der Waals surface area (Å²) in [5.74, 6) is 0.413. The minimum absolute atomic E-state index is 0.0472. The number of aryl methyl sites for hydroxylation is 2. The number of nitrogens with one attached hydrogen (secondary N) is 1. The van der Waals surface area contributed by atoms with Crippen LogP contribution in [-0.4, -0.2) is 30.1 Å². The Balaban J connectivity index is 1.90. The molecule has 3 rings (SSSR count). The molecule has 1 aromatic heterocycles. The van der Waals surface area contributed by atoms with Gasteiger partial charge in [0.05, 0.1) is 0 Å². The molecule has 0 spiro atoms. The van der Waals surface area contributed by atoms with Gasteiger partial charge in [-0.25, -0.2) is 4.98 Å². The van der Waals surface area contributed by atoms with Crippen LogP contribution in [-0.2, 0) is 12.8 Å². The third-order valence-electron chi connectivity index (χ3n) is 4.55. The monoisotopic (exact) mass is 289 g/mol. The second kappa shape index (κ2) is 6.02. The van der Waals surface area contributed by atoms with Crippen LogP contribution in [0.4, 0.5) is 0 Å². The standard InChI is InChI=1S/C16H23N3O2/c1-10-6-7-18-9-14(10)21-16-12(15(17)20)8-11-4-2-3-5-13(11)19-16/h8,10,14,18H,2-7,9H2,1H3,(H2,17,20). The Hall–Kier alpha value is -1.62. The summed E-state index contributed by atoms with van der Waals surface area (Å²) in [6, 6.07) is 1.89. The molecule has 0 radical (unpaired) electrons. The molecule has 1 aliphatic heterocycles. The van der Waals surface area contributed by atoms with Gasteiger partial charge in [0.1, 0.15) is 11.7 Å². The predicted molar refractivity (Wildman–Crippen MR) is 80.5 cm³/mol. The van der Waals surface area contributed by atoms with Crippen LogP contribution in [0.1, 0.15) is 47.8 Å². The van der Waals surface area contributed by atoms with Crippen LogP contribution in [0.25, 0.3) is 0 Å². The number of hydrogen-bond donors (Lipinski definition) is 2. The zero-order valence-corrected chi connectivity index (χ0v) is 12.5.